The van der Waals surface area contributed by atoms with Crippen molar-refractivity contribution in [2.45, 2.75) is 46.1 Å². The second kappa shape index (κ2) is 7.22. The Morgan fingerprint density at radius 1 is 1.25 bits per heavy atom. The Labute approximate surface area is 163 Å². The van der Waals surface area contributed by atoms with E-state index in [0.29, 0.717) is 23.4 Å². The van der Waals surface area contributed by atoms with Gasteiger partial charge in [0.15, 0.2) is 0 Å². The summed E-state index contributed by atoms with van der Waals surface area (Å²) < 4.78 is 13.3. The van der Waals surface area contributed by atoms with Crippen LogP contribution < -0.4 is 5.32 Å². The number of nitrogens with one attached hydrogen (secondary N) is 2. The molecule has 0 saturated carbocycles. The van der Waals surface area contributed by atoms with Gasteiger partial charge in [-0.3, -0.25) is 14.7 Å². The molecule has 0 radical (unpaired) electrons. The number of aromatic nitrogens is 2. The number of hydrogen-bond acceptors (Lipinski definition) is 3. The van der Waals surface area contributed by atoms with Crippen LogP contribution in [0.3, 0.4) is 0 Å². The number of carbonyl (C=O) groups is 2. The van der Waals surface area contributed by atoms with Crippen molar-refractivity contribution in [1.29, 1.82) is 0 Å². The van der Waals surface area contributed by atoms with Crippen LogP contribution in [0.25, 0.3) is 5.57 Å². The fraction of sp³-hybridized carbons (Fsp3) is 0.381. The molecule has 0 unspecified atom stereocenters. The smallest absolute Gasteiger partial charge is 0.257 e. The van der Waals surface area contributed by atoms with Gasteiger partial charge in [-0.1, -0.05) is 13.8 Å². The van der Waals surface area contributed by atoms with Crippen LogP contribution in [0.1, 0.15) is 55.0 Å². The second-order valence-electron chi connectivity index (χ2n) is 8.07. The van der Waals surface area contributed by atoms with Crippen LogP contribution in [0.2, 0.25) is 0 Å². The van der Waals surface area contributed by atoms with Gasteiger partial charge < -0.3 is 10.2 Å². The maximum absolute atomic E-state index is 13.3. The predicted molar refractivity (Wildman–Crippen MR) is 105 cm³/mol. The van der Waals surface area contributed by atoms with Gasteiger partial charge in [0, 0.05) is 41.0 Å². The third-order valence-corrected chi connectivity index (χ3v) is 4.75. The van der Waals surface area contributed by atoms with Gasteiger partial charge in [-0.05, 0) is 45.0 Å². The molecule has 0 fully saturated rings. The van der Waals surface area contributed by atoms with Crippen LogP contribution in [-0.2, 0) is 10.2 Å². The molecule has 148 valence electrons. The van der Waals surface area contributed by atoms with E-state index in [9.17, 15) is 14.0 Å². The fourth-order valence-corrected chi connectivity index (χ4v) is 3.61. The summed E-state index contributed by atoms with van der Waals surface area (Å²) in [5, 5.41) is 10.2. The minimum absolute atomic E-state index is 0.0607. The summed E-state index contributed by atoms with van der Waals surface area (Å²) in [6.07, 6.45) is 1.55. The fourth-order valence-electron chi connectivity index (χ4n) is 3.61. The van der Waals surface area contributed by atoms with E-state index in [0.717, 1.165) is 11.3 Å². The van der Waals surface area contributed by atoms with Crippen LogP contribution in [0.15, 0.2) is 30.5 Å². The Morgan fingerprint density at radius 3 is 2.50 bits per heavy atom. The molecule has 1 aliphatic heterocycles. The molecule has 2 aromatic rings. The van der Waals surface area contributed by atoms with Crippen LogP contribution >= 0.6 is 0 Å². The van der Waals surface area contributed by atoms with E-state index < -0.39 is 11.2 Å². The van der Waals surface area contributed by atoms with Crippen molar-refractivity contribution >= 4 is 17.4 Å². The molecule has 7 heteroatoms. The van der Waals surface area contributed by atoms with Crippen LogP contribution in [-0.4, -0.2) is 39.5 Å². The zero-order valence-electron chi connectivity index (χ0n) is 16.8. The molecule has 0 spiro atoms. The first kappa shape index (κ1) is 19.8. The Hall–Kier alpha value is -2.96. The van der Waals surface area contributed by atoms with E-state index in [1.165, 1.54) is 29.2 Å². The molecule has 6 nitrogen and oxygen atoms in total. The zero-order chi connectivity index (χ0) is 20.6. The number of fused-ring (bicyclic) bond motifs is 1. The quantitative estimate of drug-likeness (QED) is 0.853. The lowest BCUT2D eigenvalue weighted by Gasteiger charge is -2.29. The number of nitrogens with zero attached hydrogens (tertiary/aromatic N) is 2. The number of halogens is 1. The molecule has 1 aliphatic rings. The standard InChI is InChI=1S/C21H25FN4O2/c1-12(2)23-19(27)16-10-26(20(28)14-6-8-15(22)9-7-14)11-21(4,5)17-13(3)24-25-18(16)17/h6-10,12H,11H2,1-5H3,(H,23,27)(H,24,25). The molecule has 2 N–H and O–H groups in total. The highest BCUT2D eigenvalue weighted by atomic mass is 19.1. The van der Waals surface area contributed by atoms with Gasteiger partial charge in [-0.25, -0.2) is 4.39 Å². The Kier molecular flexibility index (Phi) is 5.10. The van der Waals surface area contributed by atoms with Gasteiger partial charge in [-0.2, -0.15) is 5.10 Å². The molecular weight excluding hydrogens is 359 g/mol. The van der Waals surface area contributed by atoms with Crippen molar-refractivity contribution in [2.75, 3.05) is 6.54 Å². The molecule has 0 bridgehead atoms. The first-order chi connectivity index (χ1) is 13.1. The summed E-state index contributed by atoms with van der Waals surface area (Å²) in [6.45, 7) is 10.0. The molecular formula is C21H25FN4O2. The minimum Gasteiger partial charge on any atom is -0.350 e. The largest absolute Gasteiger partial charge is 0.350 e. The van der Waals surface area contributed by atoms with Gasteiger partial charge in [0.1, 0.15) is 11.5 Å². The summed E-state index contributed by atoms with van der Waals surface area (Å²) >= 11 is 0. The van der Waals surface area contributed by atoms with E-state index in [1.54, 1.807) is 6.20 Å². The number of aromatic amines is 1. The summed E-state index contributed by atoms with van der Waals surface area (Å²) in [7, 11) is 0. The van der Waals surface area contributed by atoms with E-state index in [4.69, 9.17) is 0 Å². The number of H-pyrrole nitrogens is 1. The maximum Gasteiger partial charge on any atom is 0.257 e. The summed E-state index contributed by atoms with van der Waals surface area (Å²) in [6, 6.07) is 5.33. The number of benzene rings is 1. The molecule has 1 aromatic carbocycles. The lowest BCUT2D eigenvalue weighted by atomic mass is 9.82. The normalized spacial score (nSPS) is 15.7. The molecule has 0 aliphatic carbocycles. The van der Waals surface area contributed by atoms with Gasteiger partial charge in [-0.15, -0.1) is 0 Å². The van der Waals surface area contributed by atoms with Crippen molar-refractivity contribution in [3.05, 3.63) is 58.8 Å². The topological polar surface area (TPSA) is 78.1 Å². The van der Waals surface area contributed by atoms with E-state index in [2.05, 4.69) is 15.5 Å². The van der Waals surface area contributed by atoms with E-state index in [-0.39, 0.29) is 17.9 Å². The van der Waals surface area contributed by atoms with Crippen molar-refractivity contribution < 1.29 is 14.0 Å². The van der Waals surface area contributed by atoms with Crippen LogP contribution in [0.4, 0.5) is 4.39 Å². The summed E-state index contributed by atoms with van der Waals surface area (Å²) in [5.41, 5.74) is 2.56. The first-order valence-corrected chi connectivity index (χ1v) is 9.25. The average molecular weight is 384 g/mol. The van der Waals surface area contributed by atoms with Crippen molar-refractivity contribution in [3.63, 3.8) is 0 Å². The number of hydrogen-bond donors (Lipinski definition) is 2. The van der Waals surface area contributed by atoms with Crippen LogP contribution in [0.5, 0.6) is 0 Å². The number of amides is 2. The maximum atomic E-state index is 13.3. The molecule has 0 atom stereocenters. The second-order valence-corrected chi connectivity index (χ2v) is 8.07. The monoisotopic (exact) mass is 384 g/mol. The highest BCUT2D eigenvalue weighted by Crippen LogP contribution is 2.36. The highest BCUT2D eigenvalue weighted by molar-refractivity contribution is 6.20. The predicted octanol–water partition coefficient (Wildman–Crippen LogP) is 3.16. The van der Waals surface area contributed by atoms with Gasteiger partial charge in [0.2, 0.25) is 0 Å². The zero-order valence-corrected chi connectivity index (χ0v) is 16.8. The Bertz CT molecular complexity index is 942. The lowest BCUT2D eigenvalue weighted by molar-refractivity contribution is -0.116. The SMILES string of the molecule is Cc1[nH]nc2c1C(C)(C)CN(C(=O)c1ccc(F)cc1)C=C2C(=O)NC(C)C. The van der Waals surface area contributed by atoms with Gasteiger partial charge >= 0.3 is 0 Å². The molecule has 2 heterocycles. The van der Waals surface area contributed by atoms with Gasteiger partial charge in [0.25, 0.3) is 11.8 Å². The Balaban J connectivity index is 2.10. The van der Waals surface area contributed by atoms with Crippen molar-refractivity contribution in [1.82, 2.24) is 20.4 Å². The highest BCUT2D eigenvalue weighted by Gasteiger charge is 2.37. The third kappa shape index (κ3) is 3.69. The summed E-state index contributed by atoms with van der Waals surface area (Å²) in [5.74, 6) is -0.997. The summed E-state index contributed by atoms with van der Waals surface area (Å²) in [4.78, 5) is 27.5. The van der Waals surface area contributed by atoms with Gasteiger partial charge in [0.05, 0.1) is 5.57 Å². The molecule has 28 heavy (non-hydrogen) atoms. The molecule has 0 saturated heterocycles. The van der Waals surface area contributed by atoms with E-state index >= 15 is 0 Å². The lowest BCUT2D eigenvalue weighted by Crippen LogP contribution is -2.37. The third-order valence-electron chi connectivity index (χ3n) is 4.75. The molecule has 1 aromatic heterocycles. The number of aryl methyl sites for hydroxylation is 1. The average Bonchev–Trinajstić information content (AvgIpc) is 2.94. The minimum atomic E-state index is -0.446. The van der Waals surface area contributed by atoms with Crippen molar-refractivity contribution in [3.8, 4) is 0 Å². The Morgan fingerprint density at radius 2 is 1.89 bits per heavy atom. The number of carbonyl (C=O) groups excluding carboxylic acids is 2. The molecule has 2 amide bonds. The van der Waals surface area contributed by atoms with Crippen LogP contribution in [0, 0.1) is 12.7 Å². The van der Waals surface area contributed by atoms with E-state index in [1.807, 2.05) is 34.6 Å². The number of rotatable bonds is 3. The van der Waals surface area contributed by atoms with Crippen molar-refractivity contribution in [2.24, 2.45) is 0 Å². The molecule has 3 rings (SSSR count). The first-order valence-electron chi connectivity index (χ1n) is 9.25.